The molecule has 0 bridgehead atoms. The molecule has 1 aromatic rings. The van der Waals surface area contributed by atoms with E-state index in [0.717, 1.165) is 5.56 Å². The van der Waals surface area contributed by atoms with Gasteiger partial charge in [0.2, 0.25) is 5.91 Å². The van der Waals surface area contributed by atoms with E-state index in [2.05, 4.69) is 19.2 Å². The molecule has 0 radical (unpaired) electrons. The van der Waals surface area contributed by atoms with Crippen molar-refractivity contribution in [1.82, 2.24) is 5.32 Å². The van der Waals surface area contributed by atoms with Crippen LogP contribution in [0, 0.1) is 11.8 Å². The lowest BCUT2D eigenvalue weighted by molar-refractivity contribution is -0.125. The number of hydrogen-bond acceptors (Lipinski definition) is 3. The monoisotopic (exact) mass is 314 g/mol. The summed E-state index contributed by atoms with van der Waals surface area (Å²) in [5.74, 6) is 0.0459. The van der Waals surface area contributed by atoms with E-state index in [-0.39, 0.29) is 36.4 Å². The lowest BCUT2D eigenvalue weighted by Gasteiger charge is -2.23. The third-order valence-electron chi connectivity index (χ3n) is 3.66. The van der Waals surface area contributed by atoms with E-state index < -0.39 is 0 Å². The van der Waals surface area contributed by atoms with Gasteiger partial charge in [-0.25, -0.2) is 0 Å². The minimum atomic E-state index is -0.295. The van der Waals surface area contributed by atoms with Crippen molar-refractivity contribution in [2.45, 2.75) is 32.9 Å². The molecule has 0 aliphatic carbocycles. The number of amides is 1. The zero-order valence-electron chi connectivity index (χ0n) is 13.2. The number of halogens is 1. The van der Waals surface area contributed by atoms with E-state index >= 15 is 0 Å². The Kier molecular flexibility index (Phi) is 9.26. The Labute approximate surface area is 133 Å². The van der Waals surface area contributed by atoms with Gasteiger partial charge in [0.05, 0.1) is 12.0 Å². The Morgan fingerprint density at radius 3 is 2.29 bits per heavy atom. The maximum Gasteiger partial charge on any atom is 0.224 e. The lowest BCUT2D eigenvalue weighted by atomic mass is 9.94. The Balaban J connectivity index is 0.00000400. The van der Waals surface area contributed by atoms with Crippen LogP contribution in [0.25, 0.3) is 0 Å². The van der Waals surface area contributed by atoms with Crippen molar-refractivity contribution in [3.63, 3.8) is 0 Å². The van der Waals surface area contributed by atoms with E-state index in [1.54, 1.807) is 7.11 Å². The molecule has 0 spiro atoms. The zero-order chi connectivity index (χ0) is 15.1. The molecule has 4 nitrogen and oxygen atoms in total. The molecule has 0 aromatic heterocycles. The van der Waals surface area contributed by atoms with E-state index in [9.17, 15) is 4.79 Å². The van der Waals surface area contributed by atoms with Crippen LogP contribution in [-0.4, -0.2) is 25.7 Å². The van der Waals surface area contributed by atoms with Gasteiger partial charge < -0.3 is 15.8 Å². The number of carbonyl (C=O) groups excluding carboxylic acids is 1. The molecular formula is C16H27ClN2O2. The molecule has 0 fully saturated rings. The van der Waals surface area contributed by atoms with Gasteiger partial charge in [0.1, 0.15) is 0 Å². The van der Waals surface area contributed by atoms with Gasteiger partial charge in [0.15, 0.2) is 0 Å². The quantitative estimate of drug-likeness (QED) is 0.813. The first kappa shape index (κ1) is 19.9. The van der Waals surface area contributed by atoms with Crippen LogP contribution in [0.4, 0.5) is 0 Å². The highest BCUT2D eigenvalue weighted by atomic mass is 35.5. The van der Waals surface area contributed by atoms with Gasteiger partial charge in [0, 0.05) is 19.7 Å². The van der Waals surface area contributed by atoms with Crippen molar-refractivity contribution < 1.29 is 9.53 Å². The Hall–Kier alpha value is -1.10. The van der Waals surface area contributed by atoms with Crippen LogP contribution in [0.15, 0.2) is 30.3 Å². The summed E-state index contributed by atoms with van der Waals surface area (Å²) in [5.41, 5.74) is 7.12. The predicted octanol–water partition coefficient (Wildman–Crippen LogP) is 2.53. The minimum Gasteiger partial charge on any atom is -0.379 e. The molecule has 5 heteroatoms. The number of carbonyl (C=O) groups is 1. The number of methoxy groups -OCH3 is 1. The average molecular weight is 315 g/mol. The molecule has 120 valence electrons. The zero-order valence-corrected chi connectivity index (χ0v) is 14.0. The normalized spacial score (nSPS) is 15.0. The van der Waals surface area contributed by atoms with E-state index in [0.29, 0.717) is 12.5 Å². The van der Waals surface area contributed by atoms with Crippen molar-refractivity contribution in [1.29, 1.82) is 0 Å². The highest BCUT2D eigenvalue weighted by Gasteiger charge is 2.23. The summed E-state index contributed by atoms with van der Waals surface area (Å²) in [4.78, 5) is 12.2. The number of nitrogens with one attached hydrogen (secondary N) is 1. The second kappa shape index (κ2) is 9.77. The third kappa shape index (κ3) is 6.04. The molecule has 3 N–H and O–H groups in total. The highest BCUT2D eigenvalue weighted by molar-refractivity contribution is 5.85. The second-order valence-corrected chi connectivity index (χ2v) is 5.49. The molecule has 21 heavy (non-hydrogen) atoms. The first-order chi connectivity index (χ1) is 9.47. The predicted molar refractivity (Wildman–Crippen MR) is 88.4 cm³/mol. The van der Waals surface area contributed by atoms with E-state index in [1.807, 2.05) is 37.3 Å². The number of ether oxygens (including phenoxy) is 1. The van der Waals surface area contributed by atoms with Crippen molar-refractivity contribution in [2.24, 2.45) is 17.6 Å². The van der Waals surface area contributed by atoms with Crippen LogP contribution in [-0.2, 0) is 9.53 Å². The highest BCUT2D eigenvalue weighted by Crippen LogP contribution is 2.19. The minimum absolute atomic E-state index is 0. The van der Waals surface area contributed by atoms with E-state index in [1.165, 1.54) is 0 Å². The van der Waals surface area contributed by atoms with Gasteiger partial charge in [-0.2, -0.15) is 0 Å². The molecule has 3 unspecified atom stereocenters. The maximum atomic E-state index is 12.2. The molecular weight excluding hydrogens is 288 g/mol. The topological polar surface area (TPSA) is 64.3 Å². The van der Waals surface area contributed by atoms with Crippen LogP contribution in [0.5, 0.6) is 0 Å². The fourth-order valence-electron chi connectivity index (χ4n) is 2.08. The Morgan fingerprint density at radius 1 is 1.24 bits per heavy atom. The summed E-state index contributed by atoms with van der Waals surface area (Å²) < 4.78 is 5.34. The van der Waals surface area contributed by atoms with Crippen LogP contribution < -0.4 is 11.1 Å². The summed E-state index contributed by atoms with van der Waals surface area (Å²) >= 11 is 0. The fourth-order valence-corrected chi connectivity index (χ4v) is 2.08. The third-order valence-corrected chi connectivity index (χ3v) is 3.66. The summed E-state index contributed by atoms with van der Waals surface area (Å²) in [5, 5.41) is 2.92. The van der Waals surface area contributed by atoms with Gasteiger partial charge in [-0.1, -0.05) is 51.1 Å². The number of nitrogens with two attached hydrogens (primary N) is 1. The molecule has 3 atom stereocenters. The maximum absolute atomic E-state index is 12.2. The molecule has 0 heterocycles. The Bertz CT molecular complexity index is 412. The van der Waals surface area contributed by atoms with Crippen molar-refractivity contribution in [2.75, 3.05) is 13.7 Å². The smallest absolute Gasteiger partial charge is 0.224 e. The average Bonchev–Trinajstić information content (AvgIpc) is 2.46. The number of rotatable bonds is 7. The first-order valence-electron chi connectivity index (χ1n) is 7.08. The van der Waals surface area contributed by atoms with Crippen LogP contribution in [0.3, 0.4) is 0 Å². The standard InChI is InChI=1S/C16H26N2O2.ClH/c1-11(2)14(20-4)10-18-16(19)12(3)15(17)13-8-6-5-7-9-13;/h5-9,11-12,14-15H,10,17H2,1-4H3,(H,18,19);1H. The van der Waals surface area contributed by atoms with E-state index in [4.69, 9.17) is 10.5 Å². The largest absolute Gasteiger partial charge is 0.379 e. The Morgan fingerprint density at radius 2 is 1.81 bits per heavy atom. The van der Waals surface area contributed by atoms with Gasteiger partial charge in [-0.3, -0.25) is 4.79 Å². The fraction of sp³-hybridized carbons (Fsp3) is 0.562. The van der Waals surface area contributed by atoms with Crippen LogP contribution >= 0.6 is 12.4 Å². The van der Waals surface area contributed by atoms with Gasteiger partial charge in [-0.15, -0.1) is 12.4 Å². The van der Waals surface area contributed by atoms with Crippen molar-refractivity contribution >= 4 is 18.3 Å². The van der Waals surface area contributed by atoms with Crippen molar-refractivity contribution in [3.8, 4) is 0 Å². The van der Waals surface area contributed by atoms with Gasteiger partial charge >= 0.3 is 0 Å². The lowest BCUT2D eigenvalue weighted by Crippen LogP contribution is -2.41. The van der Waals surface area contributed by atoms with Crippen LogP contribution in [0.1, 0.15) is 32.4 Å². The summed E-state index contributed by atoms with van der Waals surface area (Å²) in [6, 6.07) is 9.39. The molecule has 0 aliphatic rings. The van der Waals surface area contributed by atoms with Crippen molar-refractivity contribution in [3.05, 3.63) is 35.9 Å². The molecule has 0 saturated carbocycles. The molecule has 0 aliphatic heterocycles. The molecule has 0 saturated heterocycles. The first-order valence-corrected chi connectivity index (χ1v) is 7.08. The van der Waals surface area contributed by atoms with Crippen LogP contribution in [0.2, 0.25) is 0 Å². The second-order valence-electron chi connectivity index (χ2n) is 5.49. The summed E-state index contributed by atoms with van der Waals surface area (Å²) in [6.45, 7) is 6.50. The number of benzene rings is 1. The molecule has 1 rings (SSSR count). The molecule has 1 amide bonds. The summed E-state index contributed by atoms with van der Waals surface area (Å²) in [6.07, 6.45) is 0.0269. The summed E-state index contributed by atoms with van der Waals surface area (Å²) in [7, 11) is 1.66. The van der Waals surface area contributed by atoms with Gasteiger partial charge in [-0.05, 0) is 11.5 Å². The number of hydrogen-bond donors (Lipinski definition) is 2. The molecule has 1 aromatic carbocycles. The SMILES string of the molecule is COC(CNC(=O)C(C)C(N)c1ccccc1)C(C)C.Cl. The van der Waals surface area contributed by atoms with Gasteiger partial charge in [0.25, 0.3) is 0 Å².